The van der Waals surface area contributed by atoms with Crippen molar-refractivity contribution in [1.82, 2.24) is 0 Å². The molecular formula is C21H10Cl3F3N2O2. The van der Waals surface area contributed by atoms with E-state index in [9.17, 15) is 23.2 Å². The molecule has 2 aromatic carbocycles. The van der Waals surface area contributed by atoms with Gasteiger partial charge in [0.25, 0.3) is 5.91 Å². The summed E-state index contributed by atoms with van der Waals surface area (Å²) in [7, 11) is 0. The molecule has 1 N–H and O–H groups in total. The minimum Gasteiger partial charge on any atom is -0.457 e. The van der Waals surface area contributed by atoms with Crippen molar-refractivity contribution in [3.05, 3.63) is 80.5 Å². The monoisotopic (exact) mass is 484 g/mol. The zero-order valence-electron chi connectivity index (χ0n) is 15.2. The molecule has 10 heteroatoms. The lowest BCUT2D eigenvalue weighted by Gasteiger charge is -2.09. The van der Waals surface area contributed by atoms with Gasteiger partial charge in [-0.2, -0.15) is 18.4 Å². The molecule has 1 amide bonds. The van der Waals surface area contributed by atoms with Crippen molar-refractivity contribution in [2.45, 2.75) is 6.18 Å². The molecule has 0 aliphatic carbocycles. The van der Waals surface area contributed by atoms with E-state index in [2.05, 4.69) is 5.32 Å². The van der Waals surface area contributed by atoms with Crippen molar-refractivity contribution in [2.24, 2.45) is 0 Å². The summed E-state index contributed by atoms with van der Waals surface area (Å²) in [5.41, 5.74) is -0.996. The van der Waals surface area contributed by atoms with Crippen molar-refractivity contribution < 1.29 is 22.4 Å². The van der Waals surface area contributed by atoms with Gasteiger partial charge in [0.15, 0.2) is 0 Å². The largest absolute Gasteiger partial charge is 0.457 e. The fourth-order valence-corrected chi connectivity index (χ4v) is 3.10. The van der Waals surface area contributed by atoms with Gasteiger partial charge < -0.3 is 9.73 Å². The standard InChI is InChI=1S/C21H10Cl3F3N2O2/c22-15-6-4-12(21(25,26)27)9-14(15)18-7-5-13(31-18)8-11(10-28)20(30)29-17-3-1-2-16(23)19(17)24/h1-9H,(H,29,30)/b11-8+. The highest BCUT2D eigenvalue weighted by Crippen LogP contribution is 2.37. The number of carbonyl (C=O) groups is 1. The molecule has 0 aliphatic rings. The first-order valence-corrected chi connectivity index (χ1v) is 9.57. The second kappa shape index (κ2) is 9.06. The van der Waals surface area contributed by atoms with Crippen LogP contribution in [0.1, 0.15) is 11.3 Å². The molecule has 1 heterocycles. The minimum atomic E-state index is -4.55. The molecule has 4 nitrogen and oxygen atoms in total. The molecule has 0 radical (unpaired) electrons. The van der Waals surface area contributed by atoms with Crippen LogP contribution >= 0.6 is 34.8 Å². The first kappa shape index (κ1) is 22.8. The second-order valence-corrected chi connectivity index (χ2v) is 7.31. The highest BCUT2D eigenvalue weighted by molar-refractivity contribution is 6.44. The maximum Gasteiger partial charge on any atom is 0.416 e. The third-order valence-corrected chi connectivity index (χ3v) is 5.19. The molecule has 0 atom stereocenters. The van der Waals surface area contributed by atoms with Crippen LogP contribution in [0.3, 0.4) is 0 Å². The van der Waals surface area contributed by atoms with E-state index in [1.54, 1.807) is 12.1 Å². The number of halogens is 6. The lowest BCUT2D eigenvalue weighted by molar-refractivity contribution is -0.137. The Bertz CT molecular complexity index is 1230. The van der Waals surface area contributed by atoms with E-state index >= 15 is 0 Å². The molecule has 1 aromatic heterocycles. The van der Waals surface area contributed by atoms with Crippen LogP contribution in [0.5, 0.6) is 0 Å². The Balaban J connectivity index is 1.89. The lowest BCUT2D eigenvalue weighted by Crippen LogP contribution is -2.13. The highest BCUT2D eigenvalue weighted by atomic mass is 35.5. The first-order valence-electron chi connectivity index (χ1n) is 8.44. The number of alkyl halides is 3. The molecule has 0 fully saturated rings. The quantitative estimate of drug-likeness (QED) is 0.308. The van der Waals surface area contributed by atoms with Gasteiger partial charge in [0.05, 0.1) is 26.3 Å². The number of anilines is 1. The van der Waals surface area contributed by atoms with E-state index in [1.807, 2.05) is 0 Å². The van der Waals surface area contributed by atoms with Crippen LogP contribution in [0.25, 0.3) is 17.4 Å². The van der Waals surface area contributed by atoms with Gasteiger partial charge >= 0.3 is 6.18 Å². The number of amides is 1. The van der Waals surface area contributed by atoms with Crippen LogP contribution in [0.4, 0.5) is 18.9 Å². The summed E-state index contributed by atoms with van der Waals surface area (Å²) >= 11 is 17.9. The van der Waals surface area contributed by atoms with Crippen molar-refractivity contribution in [3.8, 4) is 17.4 Å². The molecule has 0 bridgehead atoms. The van der Waals surface area contributed by atoms with E-state index < -0.39 is 17.6 Å². The van der Waals surface area contributed by atoms with Gasteiger partial charge in [0, 0.05) is 11.6 Å². The van der Waals surface area contributed by atoms with E-state index in [1.165, 1.54) is 24.3 Å². The molecule has 158 valence electrons. The average Bonchev–Trinajstić information content (AvgIpc) is 3.17. The smallest absolute Gasteiger partial charge is 0.416 e. The maximum absolute atomic E-state index is 13.0. The SMILES string of the molecule is N#C/C(=C\c1ccc(-c2cc(C(F)(F)F)ccc2Cl)o1)C(=O)Nc1cccc(Cl)c1Cl. The Morgan fingerprint density at radius 3 is 2.48 bits per heavy atom. The van der Waals surface area contributed by atoms with Crippen LogP contribution in [-0.4, -0.2) is 5.91 Å². The van der Waals surface area contributed by atoms with Gasteiger partial charge in [-0.25, -0.2) is 0 Å². The molecule has 0 unspecified atom stereocenters. The topological polar surface area (TPSA) is 66.0 Å². The fraction of sp³-hybridized carbons (Fsp3) is 0.0476. The number of hydrogen-bond acceptors (Lipinski definition) is 3. The molecule has 0 spiro atoms. The minimum absolute atomic E-state index is 0.0183. The van der Waals surface area contributed by atoms with Gasteiger partial charge in [-0.05, 0) is 42.5 Å². The Hall–Kier alpha value is -2.92. The van der Waals surface area contributed by atoms with Crippen LogP contribution in [0.15, 0.2) is 58.5 Å². The zero-order valence-corrected chi connectivity index (χ0v) is 17.5. The number of carbonyl (C=O) groups excluding carboxylic acids is 1. The van der Waals surface area contributed by atoms with Crippen molar-refractivity contribution in [2.75, 3.05) is 5.32 Å². The Labute approximate surface area is 189 Å². The van der Waals surface area contributed by atoms with Gasteiger partial charge in [-0.15, -0.1) is 0 Å². The Morgan fingerprint density at radius 2 is 1.81 bits per heavy atom. The van der Waals surface area contributed by atoms with Gasteiger partial charge in [-0.1, -0.05) is 40.9 Å². The molecule has 31 heavy (non-hydrogen) atoms. The number of nitrogens with zero attached hydrogens (tertiary/aromatic N) is 1. The zero-order chi connectivity index (χ0) is 22.8. The Morgan fingerprint density at radius 1 is 1.06 bits per heavy atom. The molecule has 3 aromatic rings. The van der Waals surface area contributed by atoms with E-state index in [0.29, 0.717) is 0 Å². The number of nitriles is 1. The second-order valence-electron chi connectivity index (χ2n) is 6.12. The summed E-state index contributed by atoms with van der Waals surface area (Å²) in [5.74, 6) is -0.674. The van der Waals surface area contributed by atoms with Gasteiger partial charge in [-0.3, -0.25) is 4.79 Å². The van der Waals surface area contributed by atoms with E-state index in [-0.39, 0.29) is 43.4 Å². The summed E-state index contributed by atoms with van der Waals surface area (Å²) in [5, 5.41) is 12.2. The predicted molar refractivity (Wildman–Crippen MR) is 113 cm³/mol. The van der Waals surface area contributed by atoms with Crippen molar-refractivity contribution in [1.29, 1.82) is 5.26 Å². The first-order chi connectivity index (χ1) is 14.6. The predicted octanol–water partition coefficient (Wildman–Crippen LogP) is 7.47. The van der Waals surface area contributed by atoms with Crippen LogP contribution < -0.4 is 5.32 Å². The number of nitrogens with one attached hydrogen (secondary N) is 1. The normalized spacial score (nSPS) is 11.8. The molecule has 0 saturated carbocycles. The van der Waals surface area contributed by atoms with Gasteiger partial charge in [0.1, 0.15) is 23.2 Å². The summed E-state index contributed by atoms with van der Waals surface area (Å²) in [6, 6.07) is 11.9. The number of rotatable bonds is 4. The number of hydrogen-bond donors (Lipinski definition) is 1. The van der Waals surface area contributed by atoms with Crippen LogP contribution in [-0.2, 0) is 11.0 Å². The fourth-order valence-electron chi connectivity index (χ4n) is 2.55. The average molecular weight is 486 g/mol. The van der Waals surface area contributed by atoms with Crippen LogP contribution in [0.2, 0.25) is 15.1 Å². The lowest BCUT2D eigenvalue weighted by atomic mass is 10.1. The van der Waals surface area contributed by atoms with E-state index in [0.717, 1.165) is 24.3 Å². The summed E-state index contributed by atoms with van der Waals surface area (Å²) in [4.78, 5) is 12.4. The van der Waals surface area contributed by atoms with Crippen LogP contribution in [0, 0.1) is 11.3 Å². The Kier molecular flexibility index (Phi) is 6.65. The summed E-state index contributed by atoms with van der Waals surface area (Å²) < 4.78 is 44.4. The van der Waals surface area contributed by atoms with Gasteiger partial charge in [0.2, 0.25) is 0 Å². The number of benzene rings is 2. The third kappa shape index (κ3) is 5.23. The summed E-state index contributed by atoms with van der Waals surface area (Å²) in [6.45, 7) is 0. The molecular weight excluding hydrogens is 476 g/mol. The highest BCUT2D eigenvalue weighted by Gasteiger charge is 2.31. The van der Waals surface area contributed by atoms with Crippen molar-refractivity contribution in [3.63, 3.8) is 0 Å². The third-order valence-electron chi connectivity index (χ3n) is 4.04. The molecule has 0 saturated heterocycles. The van der Waals surface area contributed by atoms with E-state index in [4.69, 9.17) is 39.2 Å². The molecule has 0 aliphatic heterocycles. The number of furan rings is 1. The van der Waals surface area contributed by atoms with Crippen molar-refractivity contribution >= 4 is 52.5 Å². The maximum atomic E-state index is 13.0. The molecule has 3 rings (SSSR count). The summed E-state index contributed by atoms with van der Waals surface area (Å²) in [6.07, 6.45) is -3.42.